The minimum absolute atomic E-state index is 0.234. The van der Waals surface area contributed by atoms with Crippen LogP contribution in [-0.4, -0.2) is 15.1 Å². The summed E-state index contributed by atoms with van der Waals surface area (Å²) in [6.07, 6.45) is 0. The average Bonchev–Trinajstić information content (AvgIpc) is 1.87. The fourth-order valence-corrected chi connectivity index (χ4v) is 1.89. The van der Waals surface area contributed by atoms with Gasteiger partial charge in [0, 0.05) is 0 Å². The number of rotatable bonds is 0. The number of nitrogens with zero attached hydrogens (tertiary/aromatic N) is 1. The van der Waals surface area contributed by atoms with Gasteiger partial charge in [0.25, 0.3) is 0 Å². The van der Waals surface area contributed by atoms with Crippen LogP contribution in [0.2, 0.25) is 0 Å². The maximum atomic E-state index is 4.11. The van der Waals surface area contributed by atoms with Crippen LogP contribution >= 0.6 is 37.4 Å². The lowest BCUT2D eigenvalue weighted by molar-refractivity contribution is 0.685. The van der Waals surface area contributed by atoms with Gasteiger partial charge < -0.3 is 0 Å². The number of nitrogens with one attached hydrogen (secondary N) is 1. The van der Waals surface area contributed by atoms with Crippen molar-refractivity contribution in [1.29, 1.82) is 0 Å². The summed E-state index contributed by atoms with van der Waals surface area (Å²) in [6, 6.07) is 0. The molecule has 42 valence electrons. The van der Waals surface area contributed by atoms with Crippen LogP contribution in [0.15, 0.2) is 0 Å². The van der Waals surface area contributed by atoms with E-state index in [4.69, 9.17) is 0 Å². The van der Waals surface area contributed by atoms with E-state index in [9.17, 15) is 0 Å². The van der Waals surface area contributed by atoms with Gasteiger partial charge in [-0.25, -0.2) is 0 Å². The predicted molar refractivity (Wildman–Crippen MR) is 39.2 cm³/mol. The van der Waals surface area contributed by atoms with Crippen molar-refractivity contribution in [3.8, 4) is 0 Å². The minimum atomic E-state index is 0.234. The fourth-order valence-electron chi connectivity index (χ4n) is 0.346. The van der Waals surface area contributed by atoms with E-state index in [-0.39, 0.29) is 4.71 Å². The molecule has 0 aliphatic carbocycles. The molecular weight excluding hydrogens is 148 g/mol. The van der Waals surface area contributed by atoms with Crippen LogP contribution in [0.4, 0.5) is 0 Å². The van der Waals surface area contributed by atoms with Crippen LogP contribution in [0, 0.1) is 0 Å². The Balaban J connectivity index is 2.26. The molecule has 1 aliphatic rings. The molecule has 2 nitrogen and oxygen atoms in total. The summed E-state index contributed by atoms with van der Waals surface area (Å²) in [5, 5.41) is 3.05. The van der Waals surface area contributed by atoms with E-state index in [0.717, 1.165) is 6.67 Å². The maximum Gasteiger partial charge on any atom is 0.114 e. The first-order valence-electron chi connectivity index (χ1n) is 1.83. The fraction of sp³-hybridized carbons (Fsp3) is 1.00. The molecule has 0 aromatic heterocycles. The second kappa shape index (κ2) is 2.50. The Kier molecular flexibility index (Phi) is 2.18. The Bertz CT molecular complexity index is 60.0. The van der Waals surface area contributed by atoms with E-state index >= 15 is 0 Å². The smallest absolute Gasteiger partial charge is 0.114 e. The Morgan fingerprint density at radius 2 is 2.57 bits per heavy atom. The van der Waals surface area contributed by atoms with Gasteiger partial charge in [0.2, 0.25) is 0 Å². The summed E-state index contributed by atoms with van der Waals surface area (Å²) in [5.41, 5.74) is 0. The molecule has 1 aliphatic heterocycles. The highest BCUT2D eigenvalue weighted by molar-refractivity contribution is 8.13. The van der Waals surface area contributed by atoms with Crippen molar-refractivity contribution in [3.05, 3.63) is 0 Å². The summed E-state index contributed by atoms with van der Waals surface area (Å²) < 4.78 is 2.04. The second-order valence-electron chi connectivity index (χ2n) is 1.17. The molecule has 0 bridgehead atoms. The summed E-state index contributed by atoms with van der Waals surface area (Å²) >= 11 is 9.72. The van der Waals surface area contributed by atoms with Gasteiger partial charge in [-0.1, -0.05) is 12.8 Å². The minimum Gasteiger partial charge on any atom is -0.282 e. The lowest BCUT2D eigenvalue weighted by Gasteiger charge is -1.97. The second-order valence-corrected chi connectivity index (χ2v) is 3.91. The molecule has 1 N–H and O–H groups in total. The predicted octanol–water partition coefficient (Wildman–Crippen LogP) is 0.556. The standard InChI is InChI=1S/C2H6N2S3/c5-2-3-1-4(6)7-2/h2-3,5-6H,1H2. The van der Waals surface area contributed by atoms with Crippen molar-refractivity contribution >= 4 is 37.4 Å². The van der Waals surface area contributed by atoms with Gasteiger partial charge >= 0.3 is 0 Å². The third-order valence-corrected chi connectivity index (χ3v) is 2.25. The highest BCUT2D eigenvalue weighted by Gasteiger charge is 2.15. The Morgan fingerprint density at radius 3 is 2.71 bits per heavy atom. The number of thiol groups is 2. The summed E-state index contributed by atoms with van der Waals surface area (Å²) in [5.74, 6) is 0. The zero-order valence-corrected chi connectivity index (χ0v) is 6.14. The molecule has 1 rings (SSSR count). The van der Waals surface area contributed by atoms with E-state index in [1.54, 1.807) is 15.7 Å². The summed E-state index contributed by atoms with van der Waals surface area (Å²) in [6.45, 7) is 0.807. The van der Waals surface area contributed by atoms with Crippen LogP contribution in [0.5, 0.6) is 0 Å². The van der Waals surface area contributed by atoms with E-state index in [0.29, 0.717) is 0 Å². The monoisotopic (exact) mass is 154 g/mol. The highest BCUT2D eigenvalue weighted by Crippen LogP contribution is 2.23. The molecule has 1 heterocycles. The van der Waals surface area contributed by atoms with Gasteiger partial charge in [-0.15, -0.1) is 12.6 Å². The summed E-state index contributed by atoms with van der Waals surface area (Å²) in [7, 11) is 0. The number of hydrogen-bond acceptors (Lipinski definition) is 5. The molecule has 5 heteroatoms. The summed E-state index contributed by atoms with van der Waals surface area (Å²) in [4.78, 5) is 0. The molecule has 0 aromatic carbocycles. The Hall–Kier alpha value is 0.970. The third-order valence-electron chi connectivity index (χ3n) is 0.623. The van der Waals surface area contributed by atoms with E-state index in [2.05, 4.69) is 30.8 Å². The van der Waals surface area contributed by atoms with E-state index < -0.39 is 0 Å². The molecule has 0 aromatic rings. The first-order valence-corrected chi connectivity index (χ1v) is 3.59. The van der Waals surface area contributed by atoms with Crippen molar-refractivity contribution in [2.24, 2.45) is 0 Å². The van der Waals surface area contributed by atoms with Gasteiger partial charge in [-0.05, 0) is 11.9 Å². The SMILES string of the molecule is SC1NCN(S)S1. The van der Waals surface area contributed by atoms with Crippen LogP contribution in [0.3, 0.4) is 0 Å². The number of hydrogen-bond donors (Lipinski definition) is 3. The molecule has 0 radical (unpaired) electrons. The Labute approximate surface area is 58.1 Å². The molecule has 1 unspecified atom stereocenters. The lowest BCUT2D eigenvalue weighted by Crippen LogP contribution is -2.14. The first-order chi connectivity index (χ1) is 3.29. The van der Waals surface area contributed by atoms with Crippen molar-refractivity contribution in [2.45, 2.75) is 4.71 Å². The van der Waals surface area contributed by atoms with Crippen molar-refractivity contribution < 1.29 is 0 Å². The van der Waals surface area contributed by atoms with Crippen LogP contribution in [0.25, 0.3) is 0 Å². The third kappa shape index (κ3) is 1.73. The van der Waals surface area contributed by atoms with Gasteiger partial charge in [-0.3, -0.25) is 5.32 Å². The molecule has 1 fully saturated rings. The van der Waals surface area contributed by atoms with Crippen LogP contribution in [0.1, 0.15) is 0 Å². The highest BCUT2D eigenvalue weighted by atomic mass is 32.2. The lowest BCUT2D eigenvalue weighted by atomic mass is 11.1. The molecule has 1 atom stereocenters. The molecule has 0 spiro atoms. The van der Waals surface area contributed by atoms with Gasteiger partial charge in [0.05, 0.1) is 6.67 Å². The zero-order valence-electron chi connectivity index (χ0n) is 3.53. The largest absolute Gasteiger partial charge is 0.282 e. The van der Waals surface area contributed by atoms with E-state index in [1.807, 2.05) is 0 Å². The van der Waals surface area contributed by atoms with Gasteiger partial charge in [0.15, 0.2) is 0 Å². The van der Waals surface area contributed by atoms with Crippen molar-refractivity contribution in [2.75, 3.05) is 6.67 Å². The molecule has 0 saturated carbocycles. The normalized spacial score (nSPS) is 34.3. The molecule has 1 saturated heterocycles. The quantitative estimate of drug-likeness (QED) is 0.349. The van der Waals surface area contributed by atoms with Crippen LogP contribution in [-0.2, 0) is 0 Å². The van der Waals surface area contributed by atoms with E-state index in [1.165, 1.54) is 0 Å². The maximum absolute atomic E-state index is 4.11. The first kappa shape index (κ1) is 6.10. The molecular formula is C2H6N2S3. The molecule has 0 amide bonds. The van der Waals surface area contributed by atoms with Crippen LogP contribution < -0.4 is 5.32 Å². The van der Waals surface area contributed by atoms with Gasteiger partial charge in [0.1, 0.15) is 4.71 Å². The van der Waals surface area contributed by atoms with Gasteiger partial charge in [-0.2, -0.15) is 3.71 Å². The zero-order chi connectivity index (χ0) is 5.28. The van der Waals surface area contributed by atoms with Crippen molar-refractivity contribution in [1.82, 2.24) is 9.03 Å². The topological polar surface area (TPSA) is 15.3 Å². The average molecular weight is 154 g/mol. The Morgan fingerprint density at radius 1 is 1.86 bits per heavy atom. The van der Waals surface area contributed by atoms with Crippen molar-refractivity contribution in [3.63, 3.8) is 0 Å². The molecule has 7 heavy (non-hydrogen) atoms.